The van der Waals surface area contributed by atoms with E-state index >= 15 is 0 Å². The lowest BCUT2D eigenvalue weighted by atomic mass is 10.3. The third kappa shape index (κ3) is 2.80. The van der Waals surface area contributed by atoms with E-state index in [-0.39, 0.29) is 5.69 Å². The molecule has 1 heterocycles. The number of nitro benzene ring substituents is 1. The number of para-hydroxylation sites is 1. The summed E-state index contributed by atoms with van der Waals surface area (Å²) in [5.41, 5.74) is 3.25. The van der Waals surface area contributed by atoms with Crippen LogP contribution < -0.4 is 11.3 Å². The highest BCUT2D eigenvalue weighted by molar-refractivity contribution is 7.99. The standard InChI is InChI=1S/C11H11N5O2S/c1-7-10(15-12)13-6-14-11(7)19-9-5-3-2-4-8(9)16(17)18/h2-6H,12H2,1H3,(H,13,14,15). The van der Waals surface area contributed by atoms with Gasteiger partial charge in [-0.25, -0.2) is 15.8 Å². The van der Waals surface area contributed by atoms with Crippen LogP contribution in [0.5, 0.6) is 0 Å². The molecule has 0 atom stereocenters. The van der Waals surface area contributed by atoms with Crippen LogP contribution in [0, 0.1) is 17.0 Å². The second kappa shape index (κ2) is 5.63. The summed E-state index contributed by atoms with van der Waals surface area (Å²) in [6.45, 7) is 1.80. The molecule has 19 heavy (non-hydrogen) atoms. The molecule has 7 nitrogen and oxygen atoms in total. The first kappa shape index (κ1) is 13.2. The number of hydrogen-bond acceptors (Lipinski definition) is 7. The van der Waals surface area contributed by atoms with Crippen molar-refractivity contribution >= 4 is 23.3 Å². The number of hydrazine groups is 1. The first-order valence-electron chi connectivity index (χ1n) is 5.33. The van der Waals surface area contributed by atoms with Crippen molar-refractivity contribution in [2.45, 2.75) is 16.8 Å². The van der Waals surface area contributed by atoms with Gasteiger partial charge >= 0.3 is 0 Å². The van der Waals surface area contributed by atoms with Crippen LogP contribution in [-0.2, 0) is 0 Å². The Kier molecular flexibility index (Phi) is 3.93. The molecule has 2 rings (SSSR count). The fourth-order valence-electron chi connectivity index (χ4n) is 1.48. The van der Waals surface area contributed by atoms with Gasteiger partial charge in [0.15, 0.2) is 0 Å². The topological polar surface area (TPSA) is 107 Å². The van der Waals surface area contributed by atoms with Crippen molar-refractivity contribution in [3.05, 3.63) is 46.3 Å². The molecule has 1 aromatic carbocycles. The monoisotopic (exact) mass is 277 g/mol. The minimum atomic E-state index is -0.416. The largest absolute Gasteiger partial charge is 0.308 e. The Morgan fingerprint density at radius 3 is 2.79 bits per heavy atom. The number of nitro groups is 1. The second-order valence-corrected chi connectivity index (χ2v) is 4.65. The van der Waals surface area contributed by atoms with Crippen molar-refractivity contribution in [3.8, 4) is 0 Å². The van der Waals surface area contributed by atoms with E-state index in [0.717, 1.165) is 5.56 Å². The van der Waals surface area contributed by atoms with E-state index in [1.165, 1.54) is 24.2 Å². The van der Waals surface area contributed by atoms with Gasteiger partial charge in [-0.05, 0) is 13.0 Å². The highest BCUT2D eigenvalue weighted by Gasteiger charge is 2.16. The normalized spacial score (nSPS) is 10.2. The highest BCUT2D eigenvalue weighted by atomic mass is 32.2. The number of rotatable bonds is 4. The van der Waals surface area contributed by atoms with Crippen molar-refractivity contribution in [3.63, 3.8) is 0 Å². The first-order valence-corrected chi connectivity index (χ1v) is 6.14. The molecule has 2 aromatic rings. The molecule has 0 aliphatic carbocycles. The summed E-state index contributed by atoms with van der Waals surface area (Å²) in [5, 5.41) is 11.6. The maximum Gasteiger partial charge on any atom is 0.283 e. The van der Waals surface area contributed by atoms with E-state index in [4.69, 9.17) is 5.84 Å². The number of nitrogens with two attached hydrogens (primary N) is 1. The van der Waals surface area contributed by atoms with Crippen LogP contribution in [0.4, 0.5) is 11.5 Å². The molecule has 0 saturated heterocycles. The molecule has 8 heteroatoms. The maximum absolute atomic E-state index is 10.9. The predicted octanol–water partition coefficient (Wildman–Crippen LogP) is 2.13. The highest BCUT2D eigenvalue weighted by Crippen LogP contribution is 2.35. The summed E-state index contributed by atoms with van der Waals surface area (Å²) < 4.78 is 0. The molecule has 0 amide bonds. The van der Waals surface area contributed by atoms with Crippen LogP contribution in [0.2, 0.25) is 0 Å². The zero-order valence-corrected chi connectivity index (χ0v) is 10.8. The molecule has 0 spiro atoms. The van der Waals surface area contributed by atoms with Gasteiger partial charge in [0.05, 0.1) is 9.82 Å². The van der Waals surface area contributed by atoms with E-state index in [9.17, 15) is 10.1 Å². The number of aromatic nitrogens is 2. The van der Waals surface area contributed by atoms with E-state index in [2.05, 4.69) is 15.4 Å². The van der Waals surface area contributed by atoms with Gasteiger partial charge < -0.3 is 5.43 Å². The molecule has 0 radical (unpaired) electrons. The Labute approximate surface area is 113 Å². The summed E-state index contributed by atoms with van der Waals surface area (Å²) in [6, 6.07) is 6.51. The summed E-state index contributed by atoms with van der Waals surface area (Å²) >= 11 is 1.21. The van der Waals surface area contributed by atoms with E-state index < -0.39 is 4.92 Å². The van der Waals surface area contributed by atoms with Gasteiger partial charge in [-0.2, -0.15) is 0 Å². The summed E-state index contributed by atoms with van der Waals surface area (Å²) in [4.78, 5) is 19.1. The zero-order chi connectivity index (χ0) is 13.8. The Morgan fingerprint density at radius 1 is 1.37 bits per heavy atom. The summed E-state index contributed by atoms with van der Waals surface area (Å²) in [5.74, 6) is 5.83. The number of nitrogen functional groups attached to an aromatic ring is 1. The molecule has 1 aromatic heterocycles. The smallest absolute Gasteiger partial charge is 0.283 e. The molecule has 98 valence electrons. The number of anilines is 1. The van der Waals surface area contributed by atoms with Crippen molar-refractivity contribution in [1.82, 2.24) is 9.97 Å². The minimum Gasteiger partial charge on any atom is -0.308 e. The van der Waals surface area contributed by atoms with Gasteiger partial charge in [0.25, 0.3) is 5.69 Å². The molecule has 0 aliphatic heterocycles. The fourth-order valence-corrected chi connectivity index (χ4v) is 2.43. The Hall–Kier alpha value is -2.19. The zero-order valence-electron chi connectivity index (χ0n) is 10.0. The lowest BCUT2D eigenvalue weighted by Crippen LogP contribution is -2.10. The number of hydrogen-bond donors (Lipinski definition) is 2. The average Bonchev–Trinajstić information content (AvgIpc) is 2.41. The van der Waals surface area contributed by atoms with E-state index in [0.29, 0.717) is 15.7 Å². The Balaban J connectivity index is 2.39. The SMILES string of the molecule is Cc1c(NN)ncnc1Sc1ccccc1[N+](=O)[O-]. The lowest BCUT2D eigenvalue weighted by molar-refractivity contribution is -0.387. The van der Waals surface area contributed by atoms with Gasteiger partial charge in [0, 0.05) is 11.6 Å². The molecular formula is C11H11N5O2S. The van der Waals surface area contributed by atoms with Crippen molar-refractivity contribution < 1.29 is 4.92 Å². The van der Waals surface area contributed by atoms with Crippen LogP contribution >= 0.6 is 11.8 Å². The number of nitrogens with one attached hydrogen (secondary N) is 1. The molecule has 0 unspecified atom stereocenters. The summed E-state index contributed by atoms with van der Waals surface area (Å²) in [7, 11) is 0. The van der Waals surface area contributed by atoms with E-state index in [1.54, 1.807) is 25.1 Å². The van der Waals surface area contributed by atoms with Gasteiger partial charge in [0.2, 0.25) is 0 Å². The first-order chi connectivity index (χ1) is 9.13. The van der Waals surface area contributed by atoms with Gasteiger partial charge in [-0.1, -0.05) is 23.9 Å². The maximum atomic E-state index is 10.9. The minimum absolute atomic E-state index is 0.0489. The molecule has 0 saturated carbocycles. The Morgan fingerprint density at radius 2 is 2.11 bits per heavy atom. The van der Waals surface area contributed by atoms with Crippen LogP contribution in [0.3, 0.4) is 0 Å². The third-order valence-corrected chi connectivity index (χ3v) is 3.61. The molecule has 3 N–H and O–H groups in total. The summed E-state index contributed by atoms with van der Waals surface area (Å²) in [6.07, 6.45) is 1.36. The molecule has 0 bridgehead atoms. The molecule has 0 fully saturated rings. The van der Waals surface area contributed by atoms with Crippen LogP contribution in [0.1, 0.15) is 5.56 Å². The van der Waals surface area contributed by atoms with Crippen molar-refractivity contribution in [1.29, 1.82) is 0 Å². The number of nitrogens with zero attached hydrogens (tertiary/aromatic N) is 3. The van der Waals surface area contributed by atoms with Gasteiger partial charge in [0.1, 0.15) is 17.2 Å². The average molecular weight is 277 g/mol. The van der Waals surface area contributed by atoms with Crippen LogP contribution in [0.25, 0.3) is 0 Å². The van der Waals surface area contributed by atoms with Crippen LogP contribution in [0.15, 0.2) is 40.5 Å². The fraction of sp³-hybridized carbons (Fsp3) is 0.0909. The third-order valence-electron chi connectivity index (χ3n) is 2.44. The van der Waals surface area contributed by atoms with Crippen molar-refractivity contribution in [2.24, 2.45) is 5.84 Å². The quantitative estimate of drug-likeness (QED) is 0.381. The molecular weight excluding hydrogens is 266 g/mol. The number of benzene rings is 1. The second-order valence-electron chi connectivity index (χ2n) is 3.62. The van der Waals surface area contributed by atoms with Crippen LogP contribution in [-0.4, -0.2) is 14.9 Å². The van der Waals surface area contributed by atoms with Gasteiger partial charge in [-0.15, -0.1) is 0 Å². The van der Waals surface area contributed by atoms with E-state index in [1.807, 2.05) is 0 Å². The Bertz CT molecular complexity index is 620. The molecule has 0 aliphatic rings. The predicted molar refractivity (Wildman–Crippen MR) is 71.8 cm³/mol. The lowest BCUT2D eigenvalue weighted by Gasteiger charge is -2.08. The van der Waals surface area contributed by atoms with Gasteiger partial charge in [-0.3, -0.25) is 10.1 Å². The van der Waals surface area contributed by atoms with Crippen molar-refractivity contribution in [2.75, 3.05) is 5.43 Å².